The fourth-order valence-corrected chi connectivity index (χ4v) is 4.89. The quantitative estimate of drug-likeness (QED) is 0.658. The average Bonchev–Trinajstić information content (AvgIpc) is 3.25. The van der Waals surface area contributed by atoms with E-state index in [0.29, 0.717) is 18.8 Å². The lowest BCUT2D eigenvalue weighted by Gasteiger charge is -2.08. The third-order valence-corrected chi connectivity index (χ3v) is 6.45. The third-order valence-electron chi connectivity index (χ3n) is 4.27. The number of rotatable bonds is 6. The van der Waals surface area contributed by atoms with Crippen LogP contribution in [-0.2, 0) is 24.2 Å². The normalized spacial score (nSPS) is 13.1. The molecule has 0 saturated carbocycles. The van der Waals surface area contributed by atoms with E-state index in [2.05, 4.69) is 15.4 Å². The second-order valence-electron chi connectivity index (χ2n) is 6.12. The zero-order valence-corrected chi connectivity index (χ0v) is 15.7. The van der Waals surface area contributed by atoms with Gasteiger partial charge in [0.05, 0.1) is 28.2 Å². The molecule has 0 aliphatic heterocycles. The number of thioether (sulfide) groups is 1. The summed E-state index contributed by atoms with van der Waals surface area (Å²) in [7, 11) is 0. The number of para-hydroxylation sites is 1. The van der Waals surface area contributed by atoms with Crippen molar-refractivity contribution in [2.24, 2.45) is 0 Å². The van der Waals surface area contributed by atoms with Gasteiger partial charge < -0.3 is 5.32 Å². The molecule has 1 aromatic carbocycles. The number of hydrogen-bond acceptors (Lipinski definition) is 6. The fraction of sp³-hybridized carbons (Fsp3) is 0.333. The second kappa shape index (κ2) is 7.59. The summed E-state index contributed by atoms with van der Waals surface area (Å²) < 4.78 is 3.46. The van der Waals surface area contributed by atoms with Crippen LogP contribution in [0.2, 0.25) is 0 Å². The number of carbonyl (C=O) groups excluding carboxylic acids is 1. The molecular formula is C18H18N4O2S2. The number of carbonyl (C=O) groups is 1. The van der Waals surface area contributed by atoms with E-state index >= 15 is 0 Å². The van der Waals surface area contributed by atoms with E-state index in [0.717, 1.165) is 45.1 Å². The minimum Gasteiger partial charge on any atom is -0.354 e. The predicted molar refractivity (Wildman–Crippen MR) is 104 cm³/mol. The van der Waals surface area contributed by atoms with Crippen LogP contribution in [0.5, 0.6) is 0 Å². The van der Waals surface area contributed by atoms with Gasteiger partial charge in [-0.25, -0.2) is 9.67 Å². The number of thiazole rings is 1. The summed E-state index contributed by atoms with van der Waals surface area (Å²) in [5, 5.41) is 7.25. The van der Waals surface area contributed by atoms with Crippen molar-refractivity contribution in [3.8, 4) is 0 Å². The number of nitrogens with zero attached hydrogens (tertiary/aromatic N) is 3. The van der Waals surface area contributed by atoms with Crippen LogP contribution in [0.15, 0.2) is 39.5 Å². The van der Waals surface area contributed by atoms with Gasteiger partial charge in [0.2, 0.25) is 5.91 Å². The lowest BCUT2D eigenvalue weighted by molar-refractivity contribution is -0.118. The van der Waals surface area contributed by atoms with Gasteiger partial charge in [-0.2, -0.15) is 5.10 Å². The molecule has 1 aliphatic rings. The van der Waals surface area contributed by atoms with Crippen LogP contribution >= 0.6 is 23.1 Å². The van der Waals surface area contributed by atoms with E-state index in [4.69, 9.17) is 0 Å². The van der Waals surface area contributed by atoms with Crippen molar-refractivity contribution in [2.45, 2.75) is 30.1 Å². The first-order chi connectivity index (χ1) is 12.7. The van der Waals surface area contributed by atoms with Crippen molar-refractivity contribution in [1.29, 1.82) is 0 Å². The molecule has 26 heavy (non-hydrogen) atoms. The molecule has 0 unspecified atom stereocenters. The van der Waals surface area contributed by atoms with E-state index in [1.807, 2.05) is 24.3 Å². The summed E-state index contributed by atoms with van der Waals surface area (Å²) >= 11 is 3.02. The Morgan fingerprint density at radius 2 is 2.19 bits per heavy atom. The molecule has 0 radical (unpaired) electrons. The van der Waals surface area contributed by atoms with Gasteiger partial charge in [0, 0.05) is 12.6 Å². The van der Waals surface area contributed by atoms with Crippen molar-refractivity contribution in [3.05, 3.63) is 51.9 Å². The number of hydrogen-bond donors (Lipinski definition) is 1. The van der Waals surface area contributed by atoms with Gasteiger partial charge in [-0.15, -0.1) is 11.3 Å². The Kier molecular flexibility index (Phi) is 5.03. The van der Waals surface area contributed by atoms with Gasteiger partial charge in [0.15, 0.2) is 4.34 Å². The van der Waals surface area contributed by atoms with Gasteiger partial charge in [-0.1, -0.05) is 23.9 Å². The number of nitrogens with one attached hydrogen (secondary N) is 1. The maximum Gasteiger partial charge on any atom is 0.267 e. The molecule has 2 heterocycles. The number of aryl methyl sites for hydroxylation is 2. The minimum absolute atomic E-state index is 0.0662. The molecule has 134 valence electrons. The number of fused-ring (bicyclic) bond motifs is 2. The van der Waals surface area contributed by atoms with E-state index in [-0.39, 0.29) is 11.5 Å². The summed E-state index contributed by atoms with van der Waals surface area (Å²) in [5.74, 6) is 0.246. The lowest BCUT2D eigenvalue weighted by atomic mass is 10.2. The Morgan fingerprint density at radius 1 is 1.31 bits per heavy atom. The first-order valence-electron chi connectivity index (χ1n) is 8.54. The second-order valence-corrected chi connectivity index (χ2v) is 8.37. The summed E-state index contributed by atoms with van der Waals surface area (Å²) in [4.78, 5) is 28.6. The van der Waals surface area contributed by atoms with Gasteiger partial charge in [-0.05, 0) is 37.0 Å². The monoisotopic (exact) mass is 386 g/mol. The summed E-state index contributed by atoms with van der Waals surface area (Å²) in [6, 6.07) is 9.62. The van der Waals surface area contributed by atoms with Crippen LogP contribution in [0.1, 0.15) is 17.7 Å². The number of amides is 1. The first-order valence-corrected chi connectivity index (χ1v) is 10.3. The molecule has 0 saturated heterocycles. The maximum atomic E-state index is 12.0. The van der Waals surface area contributed by atoms with Crippen LogP contribution in [0.25, 0.3) is 10.2 Å². The molecule has 3 aromatic rings. The van der Waals surface area contributed by atoms with Crippen LogP contribution in [-0.4, -0.2) is 33.0 Å². The van der Waals surface area contributed by atoms with Gasteiger partial charge >= 0.3 is 0 Å². The molecule has 1 N–H and O–H groups in total. The molecule has 0 fully saturated rings. The summed E-state index contributed by atoms with van der Waals surface area (Å²) in [5.41, 5.74) is 2.95. The minimum atomic E-state index is -0.0938. The predicted octanol–water partition coefficient (Wildman–Crippen LogP) is 2.25. The van der Waals surface area contributed by atoms with E-state index in [1.165, 1.54) is 16.4 Å². The Bertz CT molecular complexity index is 979. The zero-order chi connectivity index (χ0) is 17.9. The van der Waals surface area contributed by atoms with Crippen LogP contribution < -0.4 is 10.9 Å². The van der Waals surface area contributed by atoms with Crippen molar-refractivity contribution in [2.75, 3.05) is 12.3 Å². The van der Waals surface area contributed by atoms with E-state index < -0.39 is 0 Å². The molecule has 2 aromatic heterocycles. The zero-order valence-electron chi connectivity index (χ0n) is 14.1. The topological polar surface area (TPSA) is 76.9 Å². The van der Waals surface area contributed by atoms with E-state index in [9.17, 15) is 9.59 Å². The highest BCUT2D eigenvalue weighted by atomic mass is 32.2. The Labute approximate surface area is 158 Å². The van der Waals surface area contributed by atoms with Gasteiger partial charge in [0.25, 0.3) is 5.56 Å². The smallest absolute Gasteiger partial charge is 0.267 e. The largest absolute Gasteiger partial charge is 0.354 e. The average molecular weight is 387 g/mol. The highest BCUT2D eigenvalue weighted by molar-refractivity contribution is 8.01. The van der Waals surface area contributed by atoms with Crippen LogP contribution in [0.3, 0.4) is 0 Å². The summed E-state index contributed by atoms with van der Waals surface area (Å²) in [6.07, 6.45) is 2.93. The fourth-order valence-electron chi connectivity index (χ4n) is 2.99. The highest BCUT2D eigenvalue weighted by Gasteiger charge is 2.14. The van der Waals surface area contributed by atoms with Crippen molar-refractivity contribution >= 4 is 39.2 Å². The van der Waals surface area contributed by atoms with Crippen molar-refractivity contribution in [3.63, 3.8) is 0 Å². The van der Waals surface area contributed by atoms with Gasteiger partial charge in [-0.3, -0.25) is 9.59 Å². The van der Waals surface area contributed by atoms with Crippen molar-refractivity contribution < 1.29 is 4.79 Å². The van der Waals surface area contributed by atoms with Crippen molar-refractivity contribution in [1.82, 2.24) is 20.1 Å². The Balaban J connectivity index is 1.27. The Hall–Kier alpha value is -2.19. The Morgan fingerprint density at radius 3 is 3.08 bits per heavy atom. The molecule has 1 amide bonds. The number of benzene rings is 1. The molecule has 4 rings (SSSR count). The molecular weight excluding hydrogens is 368 g/mol. The molecule has 1 aliphatic carbocycles. The van der Waals surface area contributed by atoms with Gasteiger partial charge in [0.1, 0.15) is 0 Å². The molecule has 0 spiro atoms. The van der Waals surface area contributed by atoms with E-state index in [1.54, 1.807) is 17.4 Å². The molecule has 0 atom stereocenters. The standard InChI is InChI=1S/C18H18N4O2S2/c23-16(11-25-18-20-14-5-1-2-7-15(14)26-18)19-8-9-22-17(24)10-12-4-3-6-13(12)21-22/h1-2,5,7,10H,3-4,6,8-9,11H2,(H,19,23). The lowest BCUT2D eigenvalue weighted by Crippen LogP contribution is -2.33. The number of aromatic nitrogens is 3. The first kappa shape index (κ1) is 17.2. The molecule has 0 bridgehead atoms. The molecule has 6 nitrogen and oxygen atoms in total. The van der Waals surface area contributed by atoms with Crippen LogP contribution in [0.4, 0.5) is 0 Å². The molecule has 8 heteroatoms. The summed E-state index contributed by atoms with van der Waals surface area (Å²) in [6.45, 7) is 0.786. The highest BCUT2D eigenvalue weighted by Crippen LogP contribution is 2.28. The maximum absolute atomic E-state index is 12.0. The third kappa shape index (κ3) is 3.81. The SMILES string of the molecule is O=C(CSc1nc2ccccc2s1)NCCn1nc2c(cc1=O)CCC2. The van der Waals surface area contributed by atoms with Crippen LogP contribution in [0, 0.1) is 0 Å².